The van der Waals surface area contributed by atoms with Gasteiger partial charge in [-0.05, 0) is 67.6 Å². The molecule has 0 spiro atoms. The van der Waals surface area contributed by atoms with Crippen LogP contribution in [0.5, 0.6) is 5.75 Å². The highest BCUT2D eigenvalue weighted by molar-refractivity contribution is 7.98. The molecule has 0 saturated carbocycles. The largest absolute Gasteiger partial charge is 0.497 e. The molecule has 0 aromatic heterocycles. The van der Waals surface area contributed by atoms with Crippen molar-refractivity contribution >= 4 is 35.0 Å². The molecule has 31 heavy (non-hydrogen) atoms. The Hall–Kier alpha value is -2.67. The predicted molar refractivity (Wildman–Crippen MR) is 125 cm³/mol. The number of amides is 2. The van der Waals surface area contributed by atoms with Crippen LogP contribution in [0.15, 0.2) is 53.4 Å². The van der Waals surface area contributed by atoms with Gasteiger partial charge in [0.15, 0.2) is 0 Å². The molecule has 1 N–H and O–H groups in total. The van der Waals surface area contributed by atoms with Crippen LogP contribution in [-0.2, 0) is 9.59 Å². The Labute approximate surface area is 187 Å². The van der Waals surface area contributed by atoms with Crippen LogP contribution >= 0.6 is 11.8 Å². The van der Waals surface area contributed by atoms with Crippen LogP contribution < -0.4 is 19.9 Å². The van der Waals surface area contributed by atoms with E-state index in [4.69, 9.17) is 4.74 Å². The van der Waals surface area contributed by atoms with Crippen LogP contribution in [0.25, 0.3) is 0 Å². The van der Waals surface area contributed by atoms with Gasteiger partial charge in [-0.3, -0.25) is 9.59 Å². The topological polar surface area (TPSA) is 61.9 Å². The van der Waals surface area contributed by atoms with Crippen molar-refractivity contribution in [2.75, 3.05) is 42.8 Å². The summed E-state index contributed by atoms with van der Waals surface area (Å²) in [4.78, 5) is 30.6. The van der Waals surface area contributed by atoms with E-state index in [1.165, 1.54) is 5.69 Å². The first-order valence-electron chi connectivity index (χ1n) is 10.7. The minimum Gasteiger partial charge on any atom is -0.497 e. The van der Waals surface area contributed by atoms with Crippen LogP contribution in [-0.4, -0.2) is 50.9 Å². The fourth-order valence-corrected chi connectivity index (χ4v) is 4.70. The second-order valence-electron chi connectivity index (χ2n) is 8.07. The lowest BCUT2D eigenvalue weighted by Crippen LogP contribution is -2.46. The molecule has 1 atom stereocenters. The molecule has 2 amide bonds. The van der Waals surface area contributed by atoms with Gasteiger partial charge in [0.05, 0.1) is 13.0 Å². The zero-order valence-electron chi connectivity index (χ0n) is 18.0. The number of thioether (sulfide) groups is 1. The first-order valence-corrected chi connectivity index (χ1v) is 11.9. The third-order valence-corrected chi connectivity index (χ3v) is 6.90. The van der Waals surface area contributed by atoms with E-state index < -0.39 is 0 Å². The zero-order valence-corrected chi connectivity index (χ0v) is 18.9. The van der Waals surface area contributed by atoms with Gasteiger partial charge in [-0.25, -0.2) is 0 Å². The van der Waals surface area contributed by atoms with Crippen molar-refractivity contribution in [1.29, 1.82) is 0 Å². The van der Waals surface area contributed by atoms with Crippen molar-refractivity contribution < 1.29 is 14.3 Å². The molecule has 1 unspecified atom stereocenters. The van der Waals surface area contributed by atoms with Gasteiger partial charge in [-0.15, -0.1) is 11.8 Å². The third kappa shape index (κ3) is 4.98. The van der Waals surface area contributed by atoms with Gasteiger partial charge in [0.25, 0.3) is 0 Å². The fraction of sp³-hybridized carbons (Fsp3) is 0.417. The number of ether oxygens (including phenoxy) is 1. The molecule has 2 fully saturated rings. The molecular formula is C24H29N3O3S. The van der Waals surface area contributed by atoms with E-state index in [2.05, 4.69) is 22.3 Å². The summed E-state index contributed by atoms with van der Waals surface area (Å²) in [6.07, 6.45) is 4.11. The number of carbonyl (C=O) groups excluding carboxylic acids is 2. The quantitative estimate of drug-likeness (QED) is 0.698. The maximum atomic E-state index is 12.8. The Morgan fingerprint density at radius 1 is 1.03 bits per heavy atom. The molecule has 2 aromatic rings. The zero-order chi connectivity index (χ0) is 21.8. The molecule has 2 aliphatic heterocycles. The van der Waals surface area contributed by atoms with E-state index in [9.17, 15) is 9.59 Å². The van der Waals surface area contributed by atoms with Gasteiger partial charge in [-0.1, -0.05) is 0 Å². The summed E-state index contributed by atoms with van der Waals surface area (Å²) in [5, 5.41) is 3.19. The van der Waals surface area contributed by atoms with Crippen LogP contribution in [0.2, 0.25) is 0 Å². The van der Waals surface area contributed by atoms with Crippen molar-refractivity contribution in [1.82, 2.24) is 5.32 Å². The second kappa shape index (κ2) is 9.64. The lowest BCUT2D eigenvalue weighted by atomic mass is 10.0. The van der Waals surface area contributed by atoms with Gasteiger partial charge in [-0.2, -0.15) is 0 Å². The molecule has 2 aromatic carbocycles. The van der Waals surface area contributed by atoms with Crippen molar-refractivity contribution in [2.24, 2.45) is 5.92 Å². The summed E-state index contributed by atoms with van der Waals surface area (Å²) in [5.74, 6) is 0.587. The Bertz CT molecular complexity index is 909. The molecule has 2 heterocycles. The second-order valence-corrected chi connectivity index (χ2v) is 8.95. The first kappa shape index (κ1) is 21.6. The number of anilines is 2. The standard InChI is InChI=1S/C24H29N3O3S/c1-30-21-7-3-19(4-8-21)26-13-11-18(12-14-26)25-24(29)17-15-23(28)27(16-17)20-5-9-22(31-2)10-6-20/h3-10,17-18H,11-16H2,1-2H3,(H,25,29). The smallest absolute Gasteiger partial charge is 0.227 e. The highest BCUT2D eigenvalue weighted by atomic mass is 32.2. The number of nitrogens with zero attached hydrogens (tertiary/aromatic N) is 2. The molecule has 0 radical (unpaired) electrons. The molecule has 0 aliphatic carbocycles. The van der Waals surface area contributed by atoms with Crippen LogP contribution in [0.3, 0.4) is 0 Å². The van der Waals surface area contributed by atoms with E-state index in [-0.39, 0.29) is 30.2 Å². The molecule has 0 bridgehead atoms. The number of methoxy groups -OCH3 is 1. The van der Waals surface area contributed by atoms with E-state index >= 15 is 0 Å². The summed E-state index contributed by atoms with van der Waals surface area (Å²) in [6, 6.07) is 16.2. The maximum absolute atomic E-state index is 12.8. The lowest BCUT2D eigenvalue weighted by molar-refractivity contribution is -0.127. The molecule has 164 valence electrons. The highest BCUT2D eigenvalue weighted by Crippen LogP contribution is 2.28. The summed E-state index contributed by atoms with van der Waals surface area (Å²) < 4.78 is 5.23. The van der Waals surface area contributed by atoms with E-state index in [0.717, 1.165) is 42.3 Å². The Kier molecular flexibility index (Phi) is 6.70. The maximum Gasteiger partial charge on any atom is 0.227 e. The van der Waals surface area contributed by atoms with Crippen LogP contribution in [0.4, 0.5) is 11.4 Å². The third-order valence-electron chi connectivity index (χ3n) is 6.16. The highest BCUT2D eigenvalue weighted by Gasteiger charge is 2.36. The van der Waals surface area contributed by atoms with Gasteiger partial charge in [0.2, 0.25) is 11.8 Å². The summed E-state index contributed by atoms with van der Waals surface area (Å²) in [6.45, 7) is 2.25. The fourth-order valence-electron chi connectivity index (χ4n) is 4.29. The lowest BCUT2D eigenvalue weighted by Gasteiger charge is -2.34. The number of benzene rings is 2. The van der Waals surface area contributed by atoms with Gasteiger partial charge in [0.1, 0.15) is 5.75 Å². The molecule has 7 heteroatoms. The molecule has 2 saturated heterocycles. The van der Waals surface area contributed by atoms with Crippen LogP contribution in [0, 0.1) is 5.92 Å². The monoisotopic (exact) mass is 439 g/mol. The summed E-state index contributed by atoms with van der Waals surface area (Å²) in [5.41, 5.74) is 2.04. The first-order chi connectivity index (χ1) is 15.1. The van der Waals surface area contributed by atoms with Crippen molar-refractivity contribution in [3.63, 3.8) is 0 Å². The molecular weight excluding hydrogens is 410 g/mol. The SMILES string of the molecule is COc1ccc(N2CCC(NC(=O)C3CC(=O)N(c4ccc(SC)cc4)C3)CC2)cc1. The number of hydrogen-bond donors (Lipinski definition) is 1. The Balaban J connectivity index is 1.28. The minimum atomic E-state index is -0.285. The minimum absolute atomic E-state index is 0.000480. The van der Waals surface area contributed by atoms with Gasteiger partial charge >= 0.3 is 0 Å². The average molecular weight is 440 g/mol. The number of nitrogens with one attached hydrogen (secondary N) is 1. The Morgan fingerprint density at radius 2 is 1.68 bits per heavy atom. The summed E-state index contributed by atoms with van der Waals surface area (Å²) in [7, 11) is 1.67. The Morgan fingerprint density at radius 3 is 2.29 bits per heavy atom. The number of rotatable bonds is 6. The van der Waals surface area contributed by atoms with E-state index in [1.54, 1.807) is 23.8 Å². The number of carbonyl (C=O) groups is 2. The number of piperidine rings is 1. The molecule has 4 rings (SSSR count). The molecule has 2 aliphatic rings. The van der Waals surface area contributed by atoms with Gasteiger partial charge < -0.3 is 19.9 Å². The predicted octanol–water partition coefficient (Wildman–Crippen LogP) is 3.56. The average Bonchev–Trinajstić information content (AvgIpc) is 3.21. The van der Waals surface area contributed by atoms with E-state index in [1.807, 2.05) is 42.7 Å². The van der Waals surface area contributed by atoms with E-state index in [0.29, 0.717) is 6.54 Å². The number of hydrogen-bond acceptors (Lipinski definition) is 5. The summed E-state index contributed by atoms with van der Waals surface area (Å²) >= 11 is 1.67. The van der Waals surface area contributed by atoms with Gasteiger partial charge in [0, 0.05) is 48.4 Å². The van der Waals surface area contributed by atoms with Crippen molar-refractivity contribution in [3.8, 4) is 5.75 Å². The molecule has 6 nitrogen and oxygen atoms in total. The van der Waals surface area contributed by atoms with Crippen LogP contribution in [0.1, 0.15) is 19.3 Å². The van der Waals surface area contributed by atoms with Crippen molar-refractivity contribution in [3.05, 3.63) is 48.5 Å². The van der Waals surface area contributed by atoms with Crippen molar-refractivity contribution in [2.45, 2.75) is 30.2 Å². The normalized spacial score (nSPS) is 19.5.